The number of hydrogen-bond acceptors (Lipinski definition) is 4. The summed E-state index contributed by atoms with van der Waals surface area (Å²) in [6.45, 7) is 2.23. The van der Waals surface area contributed by atoms with Gasteiger partial charge in [-0.05, 0) is 24.6 Å². The van der Waals surface area contributed by atoms with Crippen LogP contribution in [0.15, 0.2) is 23.4 Å². The molecule has 0 aliphatic carbocycles. The van der Waals surface area contributed by atoms with Gasteiger partial charge in [0.15, 0.2) is 5.82 Å². The lowest BCUT2D eigenvalue weighted by molar-refractivity contribution is 0.570. The fourth-order valence-corrected chi connectivity index (χ4v) is 2.85. The Morgan fingerprint density at radius 3 is 2.60 bits per heavy atom. The molecule has 0 spiro atoms. The van der Waals surface area contributed by atoms with E-state index in [9.17, 15) is 12.8 Å². The van der Waals surface area contributed by atoms with E-state index in [1.807, 2.05) is 6.92 Å². The fourth-order valence-electron chi connectivity index (χ4n) is 1.74. The first-order chi connectivity index (χ1) is 9.34. The van der Waals surface area contributed by atoms with Crippen molar-refractivity contribution < 1.29 is 12.8 Å². The predicted octanol–water partition coefficient (Wildman–Crippen LogP) is 3.08. The number of halogens is 3. The van der Waals surface area contributed by atoms with E-state index in [-0.39, 0.29) is 16.0 Å². The molecule has 0 aliphatic rings. The number of hydrogen-bond donors (Lipinski definition) is 0. The first-order valence-electron chi connectivity index (χ1n) is 5.68. The van der Waals surface area contributed by atoms with Gasteiger partial charge >= 0.3 is 0 Å². The van der Waals surface area contributed by atoms with Gasteiger partial charge in [0.05, 0.1) is 5.02 Å². The summed E-state index contributed by atoms with van der Waals surface area (Å²) in [5, 5.41) is 6.98. The second kappa shape index (κ2) is 5.67. The Morgan fingerprint density at radius 1 is 1.35 bits per heavy atom. The van der Waals surface area contributed by atoms with Crippen molar-refractivity contribution in [2.24, 2.45) is 0 Å². The van der Waals surface area contributed by atoms with Crippen molar-refractivity contribution in [2.45, 2.75) is 25.0 Å². The van der Waals surface area contributed by atoms with E-state index >= 15 is 0 Å². The van der Waals surface area contributed by atoms with Crippen molar-refractivity contribution in [3.8, 4) is 11.4 Å². The zero-order chi connectivity index (χ0) is 14.9. The van der Waals surface area contributed by atoms with Crippen molar-refractivity contribution in [2.75, 3.05) is 0 Å². The van der Waals surface area contributed by atoms with Crippen LogP contribution in [-0.2, 0) is 15.6 Å². The first-order valence-corrected chi connectivity index (χ1v) is 8.36. The van der Waals surface area contributed by atoms with Crippen LogP contribution in [0.25, 0.3) is 11.4 Å². The van der Waals surface area contributed by atoms with Crippen LogP contribution < -0.4 is 0 Å². The molecule has 0 bridgehead atoms. The molecule has 5 nitrogen and oxygen atoms in total. The molecule has 0 N–H and O–H groups in total. The number of aromatic nitrogens is 3. The Bertz CT molecular complexity index is 746. The predicted molar refractivity (Wildman–Crippen MR) is 73.8 cm³/mol. The fraction of sp³-hybridized carbons (Fsp3) is 0.273. The van der Waals surface area contributed by atoms with Gasteiger partial charge in [0.2, 0.25) is 0 Å². The summed E-state index contributed by atoms with van der Waals surface area (Å²) in [5.74, 6) is -0.296. The Kier molecular flexibility index (Phi) is 4.31. The summed E-state index contributed by atoms with van der Waals surface area (Å²) in [5.41, 5.74) is 0.462. The molecule has 2 aromatic rings. The third kappa shape index (κ3) is 2.94. The van der Waals surface area contributed by atoms with Gasteiger partial charge in [-0.1, -0.05) is 18.5 Å². The summed E-state index contributed by atoms with van der Waals surface area (Å²) in [4.78, 5) is 0. The monoisotopic (exact) mass is 337 g/mol. The van der Waals surface area contributed by atoms with Crippen LogP contribution in [0.4, 0.5) is 4.39 Å². The SMILES string of the molecule is CCCn1c(-c2ccc(F)c(Cl)c2)nnc1S(=O)(=O)Cl. The standard InChI is InChI=1S/C11H10Cl2FN3O2S/c1-2-5-17-10(15-16-11(17)20(13,18)19)7-3-4-9(14)8(12)6-7/h3-4,6H,2,5H2,1H3. The summed E-state index contributed by atoms with van der Waals surface area (Å²) in [6, 6.07) is 3.98. The number of nitrogens with zero attached hydrogens (tertiary/aromatic N) is 3. The molecule has 0 fully saturated rings. The zero-order valence-electron chi connectivity index (χ0n) is 10.3. The van der Waals surface area contributed by atoms with E-state index in [0.717, 1.165) is 0 Å². The quantitative estimate of drug-likeness (QED) is 0.804. The van der Waals surface area contributed by atoms with Gasteiger partial charge in [0.25, 0.3) is 14.2 Å². The molecule has 108 valence electrons. The molecule has 0 saturated carbocycles. The topological polar surface area (TPSA) is 64.8 Å². The normalized spacial score (nSPS) is 11.8. The molecule has 0 saturated heterocycles. The smallest absolute Gasteiger partial charge is 0.296 e. The molecule has 0 aliphatic heterocycles. The highest BCUT2D eigenvalue weighted by atomic mass is 35.7. The molecule has 2 rings (SSSR count). The maximum atomic E-state index is 13.2. The Labute approximate surface area is 124 Å². The third-order valence-electron chi connectivity index (χ3n) is 2.56. The Morgan fingerprint density at radius 2 is 2.05 bits per heavy atom. The van der Waals surface area contributed by atoms with Crippen LogP contribution >= 0.6 is 22.3 Å². The molecular weight excluding hydrogens is 328 g/mol. The minimum absolute atomic E-state index is 0.0798. The summed E-state index contributed by atoms with van der Waals surface area (Å²) in [7, 11) is 1.31. The van der Waals surface area contributed by atoms with E-state index in [0.29, 0.717) is 18.5 Å². The van der Waals surface area contributed by atoms with E-state index in [1.54, 1.807) is 0 Å². The molecule has 20 heavy (non-hydrogen) atoms. The zero-order valence-corrected chi connectivity index (χ0v) is 12.7. The van der Waals surface area contributed by atoms with Crippen molar-refractivity contribution >= 4 is 31.3 Å². The van der Waals surface area contributed by atoms with E-state index in [1.165, 1.54) is 22.8 Å². The van der Waals surface area contributed by atoms with Gasteiger partial charge in [-0.15, -0.1) is 10.2 Å². The molecular formula is C11H10Cl2FN3O2S. The summed E-state index contributed by atoms with van der Waals surface area (Å²) >= 11 is 5.71. The third-order valence-corrected chi connectivity index (χ3v) is 4.00. The van der Waals surface area contributed by atoms with Crippen LogP contribution in [0, 0.1) is 5.82 Å². The second-order valence-corrected chi connectivity index (χ2v) is 6.89. The van der Waals surface area contributed by atoms with Gasteiger partial charge < -0.3 is 0 Å². The van der Waals surface area contributed by atoms with Crippen molar-refractivity contribution in [1.29, 1.82) is 0 Å². The maximum Gasteiger partial charge on any atom is 0.296 e. The lowest BCUT2D eigenvalue weighted by Crippen LogP contribution is -2.07. The van der Waals surface area contributed by atoms with Crippen molar-refractivity contribution in [3.05, 3.63) is 29.0 Å². The number of rotatable bonds is 4. The summed E-state index contributed by atoms with van der Waals surface area (Å²) in [6.07, 6.45) is 0.652. The minimum atomic E-state index is -4.01. The second-order valence-electron chi connectivity index (χ2n) is 4.02. The van der Waals surface area contributed by atoms with E-state index in [4.69, 9.17) is 22.3 Å². The highest BCUT2D eigenvalue weighted by Gasteiger charge is 2.23. The molecule has 1 aromatic heterocycles. The van der Waals surface area contributed by atoms with E-state index < -0.39 is 14.9 Å². The average Bonchev–Trinajstić information content (AvgIpc) is 2.77. The molecule has 1 aromatic carbocycles. The lowest BCUT2D eigenvalue weighted by Gasteiger charge is -2.07. The molecule has 9 heteroatoms. The van der Waals surface area contributed by atoms with Crippen LogP contribution in [0.3, 0.4) is 0 Å². The molecule has 0 radical (unpaired) electrons. The molecule has 0 unspecified atom stereocenters. The highest BCUT2D eigenvalue weighted by Crippen LogP contribution is 2.26. The van der Waals surface area contributed by atoms with Gasteiger partial charge in [-0.25, -0.2) is 12.8 Å². The average molecular weight is 338 g/mol. The minimum Gasteiger partial charge on any atom is -0.297 e. The van der Waals surface area contributed by atoms with Crippen LogP contribution in [0.2, 0.25) is 5.02 Å². The lowest BCUT2D eigenvalue weighted by atomic mass is 10.2. The number of benzene rings is 1. The summed E-state index contributed by atoms with van der Waals surface area (Å²) < 4.78 is 37.4. The van der Waals surface area contributed by atoms with E-state index in [2.05, 4.69) is 10.2 Å². The van der Waals surface area contributed by atoms with Crippen LogP contribution in [0.5, 0.6) is 0 Å². The van der Waals surface area contributed by atoms with Gasteiger partial charge in [0.1, 0.15) is 5.82 Å². The maximum absolute atomic E-state index is 13.2. The van der Waals surface area contributed by atoms with Gasteiger partial charge in [0, 0.05) is 22.8 Å². The first kappa shape index (κ1) is 15.2. The van der Waals surface area contributed by atoms with Crippen molar-refractivity contribution in [1.82, 2.24) is 14.8 Å². The van der Waals surface area contributed by atoms with Gasteiger partial charge in [-0.2, -0.15) is 0 Å². The van der Waals surface area contributed by atoms with Gasteiger partial charge in [-0.3, -0.25) is 4.57 Å². The highest BCUT2D eigenvalue weighted by molar-refractivity contribution is 8.13. The largest absolute Gasteiger partial charge is 0.297 e. The van der Waals surface area contributed by atoms with Crippen LogP contribution in [0.1, 0.15) is 13.3 Å². The Balaban J connectivity index is 2.62. The molecule has 0 amide bonds. The molecule has 1 heterocycles. The van der Waals surface area contributed by atoms with Crippen LogP contribution in [-0.4, -0.2) is 23.2 Å². The Hall–Kier alpha value is -1.18. The van der Waals surface area contributed by atoms with Crippen molar-refractivity contribution in [3.63, 3.8) is 0 Å². The molecule has 0 atom stereocenters.